The summed E-state index contributed by atoms with van der Waals surface area (Å²) in [7, 11) is 2.10. The molecule has 2 aromatic heterocycles. The van der Waals surface area contributed by atoms with E-state index in [4.69, 9.17) is 11.6 Å². The maximum absolute atomic E-state index is 14.1. The summed E-state index contributed by atoms with van der Waals surface area (Å²) in [6.45, 7) is 5.81. The Balaban J connectivity index is 1.50. The SMILES string of the molecule is Cc1c(C(=O)N2CCN(C)CC2)c(-c2cccc3ccccc23)cn1-c1cncn1Cc1ccccc1Cl. The fourth-order valence-corrected chi connectivity index (χ4v) is 5.59. The van der Waals surface area contributed by atoms with Gasteiger partial charge in [0.05, 0.1) is 24.6 Å². The third kappa shape index (κ3) is 4.40. The van der Waals surface area contributed by atoms with Crippen molar-refractivity contribution in [1.29, 1.82) is 0 Å². The molecule has 1 fully saturated rings. The maximum Gasteiger partial charge on any atom is 0.256 e. The first-order valence-electron chi connectivity index (χ1n) is 12.9. The average molecular weight is 524 g/mol. The Morgan fingerprint density at radius 3 is 2.47 bits per heavy atom. The van der Waals surface area contributed by atoms with Gasteiger partial charge in [-0.15, -0.1) is 0 Å². The number of benzene rings is 3. The molecule has 0 atom stereocenters. The Morgan fingerprint density at radius 1 is 0.921 bits per heavy atom. The molecular weight excluding hydrogens is 494 g/mol. The monoisotopic (exact) mass is 523 g/mol. The van der Waals surface area contributed by atoms with Crippen molar-refractivity contribution in [1.82, 2.24) is 23.9 Å². The van der Waals surface area contributed by atoms with Crippen molar-refractivity contribution in [2.24, 2.45) is 0 Å². The van der Waals surface area contributed by atoms with Crippen molar-refractivity contribution < 1.29 is 4.79 Å². The van der Waals surface area contributed by atoms with Crippen LogP contribution in [-0.2, 0) is 6.54 Å². The molecule has 6 rings (SSSR count). The van der Waals surface area contributed by atoms with E-state index in [1.54, 1.807) is 0 Å². The second-order valence-electron chi connectivity index (χ2n) is 9.97. The molecule has 1 aliphatic heterocycles. The van der Waals surface area contributed by atoms with E-state index in [9.17, 15) is 4.79 Å². The van der Waals surface area contributed by atoms with Crippen LogP contribution in [0.2, 0.25) is 5.02 Å². The quantitative estimate of drug-likeness (QED) is 0.288. The van der Waals surface area contributed by atoms with Gasteiger partial charge in [0.1, 0.15) is 5.82 Å². The number of carbonyl (C=O) groups is 1. The van der Waals surface area contributed by atoms with E-state index in [2.05, 4.69) is 68.7 Å². The summed E-state index contributed by atoms with van der Waals surface area (Å²) in [6.07, 6.45) is 5.76. The van der Waals surface area contributed by atoms with Gasteiger partial charge >= 0.3 is 0 Å². The number of rotatable bonds is 5. The van der Waals surface area contributed by atoms with Gasteiger partial charge in [-0.1, -0.05) is 72.3 Å². The Labute approximate surface area is 227 Å². The number of piperazine rings is 1. The molecule has 1 aliphatic rings. The maximum atomic E-state index is 14.1. The number of carbonyl (C=O) groups excluding carboxylic acids is 1. The van der Waals surface area contributed by atoms with Crippen LogP contribution in [0, 0.1) is 6.92 Å². The van der Waals surface area contributed by atoms with Crippen LogP contribution in [-0.4, -0.2) is 63.1 Å². The van der Waals surface area contributed by atoms with Crippen LogP contribution in [0.3, 0.4) is 0 Å². The second kappa shape index (κ2) is 10.1. The molecule has 0 N–H and O–H groups in total. The zero-order chi connectivity index (χ0) is 26.2. The van der Waals surface area contributed by atoms with Gasteiger partial charge in [-0.2, -0.15) is 0 Å². The molecule has 192 valence electrons. The van der Waals surface area contributed by atoms with Crippen LogP contribution in [0.5, 0.6) is 0 Å². The lowest BCUT2D eigenvalue weighted by Gasteiger charge is -2.32. The Kier molecular flexibility index (Phi) is 6.52. The van der Waals surface area contributed by atoms with E-state index in [1.807, 2.05) is 54.7 Å². The highest BCUT2D eigenvalue weighted by Crippen LogP contribution is 2.36. The van der Waals surface area contributed by atoms with Gasteiger partial charge in [-0.05, 0) is 41.9 Å². The Bertz CT molecular complexity index is 1620. The van der Waals surface area contributed by atoms with E-state index in [0.717, 1.165) is 75.7 Å². The highest BCUT2D eigenvalue weighted by atomic mass is 35.5. The third-order valence-electron chi connectivity index (χ3n) is 7.57. The highest BCUT2D eigenvalue weighted by molar-refractivity contribution is 6.31. The fraction of sp³-hybridized carbons (Fsp3) is 0.226. The number of nitrogens with zero attached hydrogens (tertiary/aromatic N) is 5. The first-order valence-corrected chi connectivity index (χ1v) is 13.3. The summed E-state index contributed by atoms with van der Waals surface area (Å²) in [5.74, 6) is 0.968. The summed E-state index contributed by atoms with van der Waals surface area (Å²) in [4.78, 5) is 22.8. The molecule has 0 saturated carbocycles. The number of hydrogen-bond acceptors (Lipinski definition) is 3. The topological polar surface area (TPSA) is 46.3 Å². The van der Waals surface area contributed by atoms with Gasteiger partial charge in [0, 0.05) is 48.7 Å². The molecule has 0 spiro atoms. The first-order chi connectivity index (χ1) is 18.5. The molecule has 6 nitrogen and oxygen atoms in total. The molecule has 3 heterocycles. The Morgan fingerprint density at radius 2 is 1.66 bits per heavy atom. The van der Waals surface area contributed by atoms with Crippen LogP contribution < -0.4 is 0 Å². The summed E-state index contributed by atoms with van der Waals surface area (Å²) in [5, 5.41) is 3.00. The van der Waals surface area contributed by atoms with Crippen LogP contribution in [0.25, 0.3) is 27.7 Å². The molecule has 0 radical (unpaired) electrons. The molecule has 5 aromatic rings. The van der Waals surface area contributed by atoms with Gasteiger partial charge in [-0.3, -0.25) is 4.79 Å². The van der Waals surface area contributed by atoms with Crippen molar-refractivity contribution in [2.45, 2.75) is 13.5 Å². The van der Waals surface area contributed by atoms with E-state index in [-0.39, 0.29) is 5.91 Å². The van der Waals surface area contributed by atoms with Crippen molar-refractivity contribution >= 4 is 28.3 Å². The summed E-state index contributed by atoms with van der Waals surface area (Å²) < 4.78 is 4.18. The highest BCUT2D eigenvalue weighted by Gasteiger charge is 2.28. The van der Waals surface area contributed by atoms with E-state index in [0.29, 0.717) is 6.54 Å². The van der Waals surface area contributed by atoms with E-state index in [1.165, 1.54) is 0 Å². The molecule has 1 amide bonds. The molecular formula is C31H30ClN5O. The number of imidazole rings is 1. The number of fused-ring (bicyclic) bond motifs is 1. The fourth-order valence-electron chi connectivity index (χ4n) is 5.39. The minimum absolute atomic E-state index is 0.0782. The van der Waals surface area contributed by atoms with Gasteiger partial charge in [0.25, 0.3) is 5.91 Å². The Hall–Kier alpha value is -3.87. The third-order valence-corrected chi connectivity index (χ3v) is 7.94. The molecule has 38 heavy (non-hydrogen) atoms. The smallest absolute Gasteiger partial charge is 0.256 e. The van der Waals surface area contributed by atoms with E-state index >= 15 is 0 Å². The number of likely N-dealkylation sites (N-methyl/N-ethyl adjacent to an activating group) is 1. The summed E-state index contributed by atoms with van der Waals surface area (Å²) in [5.41, 5.74) is 4.66. The molecule has 1 saturated heterocycles. The number of hydrogen-bond donors (Lipinski definition) is 0. The predicted octanol–water partition coefficient (Wildman–Crippen LogP) is 5.89. The molecule has 0 bridgehead atoms. The number of aromatic nitrogens is 3. The normalized spacial score (nSPS) is 14.3. The number of amides is 1. The molecule has 7 heteroatoms. The zero-order valence-electron chi connectivity index (χ0n) is 21.6. The van der Waals surface area contributed by atoms with Crippen LogP contribution in [0.15, 0.2) is 85.5 Å². The lowest BCUT2D eigenvalue weighted by Crippen LogP contribution is -2.47. The van der Waals surface area contributed by atoms with Crippen LogP contribution in [0.1, 0.15) is 21.6 Å². The minimum Gasteiger partial charge on any atom is -0.336 e. The average Bonchev–Trinajstić information content (AvgIpc) is 3.53. The van der Waals surface area contributed by atoms with Crippen LogP contribution in [0.4, 0.5) is 0 Å². The van der Waals surface area contributed by atoms with Crippen molar-refractivity contribution in [3.05, 3.63) is 107 Å². The largest absolute Gasteiger partial charge is 0.336 e. The molecule has 3 aromatic carbocycles. The lowest BCUT2D eigenvalue weighted by molar-refractivity contribution is 0.0664. The minimum atomic E-state index is 0.0782. The molecule has 0 unspecified atom stereocenters. The summed E-state index contributed by atoms with van der Waals surface area (Å²) in [6, 6.07) is 22.5. The van der Waals surface area contributed by atoms with Crippen molar-refractivity contribution in [2.75, 3.05) is 33.2 Å². The van der Waals surface area contributed by atoms with Gasteiger partial charge in [0.15, 0.2) is 0 Å². The van der Waals surface area contributed by atoms with Gasteiger partial charge in [0.2, 0.25) is 0 Å². The predicted molar refractivity (Wildman–Crippen MR) is 153 cm³/mol. The van der Waals surface area contributed by atoms with E-state index < -0.39 is 0 Å². The van der Waals surface area contributed by atoms with Crippen molar-refractivity contribution in [3.63, 3.8) is 0 Å². The lowest BCUT2D eigenvalue weighted by atomic mass is 9.96. The number of halogens is 1. The standard InChI is InChI=1S/C31H30ClN5O/c1-22-30(31(38)35-16-14-34(2)15-17-35)27(26-12-7-10-23-8-3-5-11-25(23)26)20-37(22)29-18-33-21-36(29)19-24-9-4-6-13-28(24)32/h3-13,18,20-21H,14-17,19H2,1-2H3. The second-order valence-corrected chi connectivity index (χ2v) is 10.4. The van der Waals surface area contributed by atoms with Gasteiger partial charge in [-0.25, -0.2) is 4.98 Å². The van der Waals surface area contributed by atoms with Crippen LogP contribution >= 0.6 is 11.6 Å². The first kappa shape index (κ1) is 24.5. The zero-order valence-corrected chi connectivity index (χ0v) is 22.4. The van der Waals surface area contributed by atoms with Gasteiger partial charge < -0.3 is 18.9 Å². The van der Waals surface area contributed by atoms with Crippen molar-refractivity contribution in [3.8, 4) is 16.9 Å². The molecule has 0 aliphatic carbocycles. The summed E-state index contributed by atoms with van der Waals surface area (Å²) >= 11 is 6.48.